The Balaban J connectivity index is 2.45. The van der Waals surface area contributed by atoms with E-state index in [0.717, 1.165) is 30.6 Å². The number of carbonyl (C=O) groups is 1. The molecule has 0 fully saturated rings. The molecule has 1 aromatic rings. The average molecular weight is 292 g/mol. The van der Waals surface area contributed by atoms with Crippen LogP contribution in [0.1, 0.15) is 34.8 Å². The number of hydrogen-bond donors (Lipinski definition) is 1. The minimum Gasteiger partial charge on any atom is -0.508 e. The quantitative estimate of drug-likeness (QED) is 0.869. The highest BCUT2D eigenvalue weighted by atomic mass is 16.5. The van der Waals surface area contributed by atoms with Crippen LogP contribution in [-0.2, 0) is 13.0 Å². The van der Waals surface area contributed by atoms with Crippen LogP contribution in [-0.4, -0.2) is 55.1 Å². The second-order valence-electron chi connectivity index (χ2n) is 5.71. The molecule has 5 nitrogen and oxygen atoms in total. The molecular formula is C16H24N2O3. The Labute approximate surface area is 126 Å². The van der Waals surface area contributed by atoms with Crippen LogP contribution < -0.4 is 4.74 Å². The van der Waals surface area contributed by atoms with Crippen LogP contribution in [0.25, 0.3) is 0 Å². The number of aromatic hydroxyl groups is 1. The van der Waals surface area contributed by atoms with Crippen LogP contribution in [0, 0.1) is 0 Å². The Hall–Kier alpha value is -1.75. The van der Waals surface area contributed by atoms with Crippen LogP contribution in [0.5, 0.6) is 11.5 Å². The molecule has 116 valence electrons. The number of likely N-dealkylation sites (N-methyl/N-ethyl adjacent to an activating group) is 1. The van der Waals surface area contributed by atoms with Gasteiger partial charge in [-0.2, -0.15) is 0 Å². The summed E-state index contributed by atoms with van der Waals surface area (Å²) >= 11 is 0. The molecule has 1 heterocycles. The highest BCUT2D eigenvalue weighted by Crippen LogP contribution is 2.38. The zero-order valence-electron chi connectivity index (χ0n) is 13.3. The molecule has 0 atom stereocenters. The molecule has 0 aromatic heterocycles. The first-order chi connectivity index (χ1) is 9.99. The summed E-state index contributed by atoms with van der Waals surface area (Å²) in [5.41, 5.74) is 2.28. The van der Waals surface area contributed by atoms with Gasteiger partial charge in [0.1, 0.15) is 11.5 Å². The van der Waals surface area contributed by atoms with E-state index in [1.54, 1.807) is 13.2 Å². The first-order valence-electron chi connectivity index (χ1n) is 7.35. The molecule has 5 heteroatoms. The van der Waals surface area contributed by atoms with Gasteiger partial charge in [-0.15, -0.1) is 0 Å². The zero-order chi connectivity index (χ0) is 15.6. The predicted octanol–water partition coefficient (Wildman–Crippen LogP) is 1.87. The molecule has 1 N–H and O–H groups in total. The number of nitrogens with zero attached hydrogens (tertiary/aromatic N) is 2. The summed E-state index contributed by atoms with van der Waals surface area (Å²) in [7, 11) is 5.53. The smallest absolute Gasteiger partial charge is 0.255 e. The molecule has 1 aliphatic rings. The lowest BCUT2D eigenvalue weighted by atomic mass is 9.98. The van der Waals surface area contributed by atoms with Crippen LogP contribution >= 0.6 is 0 Å². The van der Waals surface area contributed by atoms with E-state index in [0.29, 0.717) is 24.3 Å². The third-order valence-corrected chi connectivity index (χ3v) is 3.85. The van der Waals surface area contributed by atoms with Gasteiger partial charge in [0.2, 0.25) is 0 Å². The highest BCUT2D eigenvalue weighted by Gasteiger charge is 2.33. The lowest BCUT2D eigenvalue weighted by Gasteiger charge is -2.15. The topological polar surface area (TPSA) is 53.0 Å². The molecule has 0 saturated heterocycles. The maximum atomic E-state index is 12.6. The molecule has 0 spiro atoms. The van der Waals surface area contributed by atoms with E-state index in [-0.39, 0.29) is 11.7 Å². The molecule has 0 unspecified atom stereocenters. The van der Waals surface area contributed by atoms with E-state index < -0.39 is 0 Å². The summed E-state index contributed by atoms with van der Waals surface area (Å²) in [5.74, 6) is 0.761. The van der Waals surface area contributed by atoms with Crippen molar-refractivity contribution in [1.29, 1.82) is 0 Å². The lowest BCUT2D eigenvalue weighted by Crippen LogP contribution is -2.25. The van der Waals surface area contributed by atoms with Gasteiger partial charge in [-0.05, 0) is 26.9 Å². The Kier molecular flexibility index (Phi) is 4.73. The first-order valence-corrected chi connectivity index (χ1v) is 7.35. The zero-order valence-corrected chi connectivity index (χ0v) is 13.3. The molecule has 0 bridgehead atoms. The predicted molar refractivity (Wildman–Crippen MR) is 81.9 cm³/mol. The standard InChI is InChI=1S/C16H24N2O3/c1-5-7-18-10-12-14(21-4)9-13(19)11(6-8-17(2)3)15(12)16(18)20/h9,19H,5-8,10H2,1-4H3. The maximum Gasteiger partial charge on any atom is 0.255 e. The number of rotatable bonds is 6. The fraction of sp³-hybridized carbons (Fsp3) is 0.562. The number of hydrogen-bond acceptors (Lipinski definition) is 4. The molecule has 1 amide bonds. The summed E-state index contributed by atoms with van der Waals surface area (Å²) < 4.78 is 5.34. The SMILES string of the molecule is CCCN1Cc2c(OC)cc(O)c(CCN(C)C)c2C1=O. The van der Waals surface area contributed by atoms with Crippen molar-refractivity contribution in [3.05, 3.63) is 22.8 Å². The average Bonchev–Trinajstić information content (AvgIpc) is 2.75. The fourth-order valence-electron chi connectivity index (χ4n) is 2.79. The number of methoxy groups -OCH3 is 1. The normalized spacial score (nSPS) is 14.0. The van der Waals surface area contributed by atoms with Crippen molar-refractivity contribution in [2.45, 2.75) is 26.3 Å². The number of fused-ring (bicyclic) bond motifs is 1. The third-order valence-electron chi connectivity index (χ3n) is 3.85. The molecule has 1 aromatic carbocycles. The number of ether oxygens (including phenoxy) is 1. The molecule has 0 aliphatic carbocycles. The van der Waals surface area contributed by atoms with Crippen molar-refractivity contribution in [3.8, 4) is 11.5 Å². The van der Waals surface area contributed by atoms with Crippen LogP contribution in [0.2, 0.25) is 0 Å². The van der Waals surface area contributed by atoms with Gasteiger partial charge in [0.15, 0.2) is 0 Å². The van der Waals surface area contributed by atoms with Crippen molar-refractivity contribution < 1.29 is 14.6 Å². The van der Waals surface area contributed by atoms with E-state index in [9.17, 15) is 9.90 Å². The van der Waals surface area contributed by atoms with Gasteiger partial charge in [0.25, 0.3) is 5.91 Å². The van der Waals surface area contributed by atoms with E-state index in [2.05, 4.69) is 6.92 Å². The van der Waals surface area contributed by atoms with Gasteiger partial charge < -0.3 is 19.6 Å². The van der Waals surface area contributed by atoms with Crippen molar-refractivity contribution in [2.75, 3.05) is 34.3 Å². The van der Waals surface area contributed by atoms with E-state index in [1.165, 1.54) is 0 Å². The fourth-order valence-corrected chi connectivity index (χ4v) is 2.79. The third kappa shape index (κ3) is 2.97. The van der Waals surface area contributed by atoms with Crippen molar-refractivity contribution in [1.82, 2.24) is 9.80 Å². The summed E-state index contributed by atoms with van der Waals surface area (Å²) in [4.78, 5) is 16.5. The van der Waals surface area contributed by atoms with E-state index in [4.69, 9.17) is 4.74 Å². The minimum atomic E-state index is 0.00908. The number of phenolic OH excluding ortho intramolecular Hbond substituents is 1. The first kappa shape index (κ1) is 15.6. The van der Waals surface area contributed by atoms with Crippen LogP contribution in [0.3, 0.4) is 0 Å². The molecule has 0 radical (unpaired) electrons. The highest BCUT2D eigenvalue weighted by molar-refractivity contribution is 6.01. The monoisotopic (exact) mass is 292 g/mol. The van der Waals surface area contributed by atoms with Gasteiger partial charge in [-0.25, -0.2) is 0 Å². The van der Waals surface area contributed by atoms with Gasteiger partial charge in [0.05, 0.1) is 19.2 Å². The van der Waals surface area contributed by atoms with Crippen molar-refractivity contribution >= 4 is 5.91 Å². The van der Waals surface area contributed by atoms with E-state index in [1.807, 2.05) is 23.9 Å². The van der Waals surface area contributed by atoms with Crippen molar-refractivity contribution in [3.63, 3.8) is 0 Å². The second kappa shape index (κ2) is 6.35. The van der Waals surface area contributed by atoms with E-state index >= 15 is 0 Å². The van der Waals surface area contributed by atoms with Gasteiger partial charge in [-0.1, -0.05) is 6.92 Å². The molecule has 2 rings (SSSR count). The number of phenols is 1. The second-order valence-corrected chi connectivity index (χ2v) is 5.71. The summed E-state index contributed by atoms with van der Waals surface area (Å²) in [6, 6.07) is 1.63. The lowest BCUT2D eigenvalue weighted by molar-refractivity contribution is 0.0777. The van der Waals surface area contributed by atoms with Crippen LogP contribution in [0.15, 0.2) is 6.07 Å². The molecule has 21 heavy (non-hydrogen) atoms. The van der Waals surface area contributed by atoms with Crippen molar-refractivity contribution in [2.24, 2.45) is 0 Å². The van der Waals surface area contributed by atoms with Gasteiger partial charge >= 0.3 is 0 Å². The Morgan fingerprint density at radius 3 is 2.71 bits per heavy atom. The summed E-state index contributed by atoms with van der Waals surface area (Å²) in [6.45, 7) is 4.14. The molecule has 0 saturated carbocycles. The number of carbonyl (C=O) groups excluding carboxylic acids is 1. The molecular weight excluding hydrogens is 268 g/mol. The Morgan fingerprint density at radius 2 is 2.14 bits per heavy atom. The van der Waals surface area contributed by atoms with Crippen LogP contribution in [0.4, 0.5) is 0 Å². The Bertz CT molecular complexity index is 541. The maximum absolute atomic E-state index is 12.6. The Morgan fingerprint density at radius 1 is 1.43 bits per heavy atom. The van der Waals surface area contributed by atoms with Gasteiger partial charge in [0, 0.05) is 30.3 Å². The summed E-state index contributed by atoms with van der Waals surface area (Å²) in [5, 5.41) is 10.3. The summed E-state index contributed by atoms with van der Waals surface area (Å²) in [6.07, 6.45) is 1.57. The minimum absolute atomic E-state index is 0.00908. The number of benzene rings is 1. The van der Waals surface area contributed by atoms with Gasteiger partial charge in [-0.3, -0.25) is 4.79 Å². The molecule has 1 aliphatic heterocycles. The number of amides is 1. The largest absolute Gasteiger partial charge is 0.508 e.